The molecule has 1 N–H and O–H groups in total. The summed E-state index contributed by atoms with van der Waals surface area (Å²) in [5.41, 5.74) is 2.48. The number of hydrogen-bond donors (Lipinski definition) is 1. The molecule has 0 saturated heterocycles. The predicted molar refractivity (Wildman–Crippen MR) is 103 cm³/mol. The van der Waals surface area contributed by atoms with Crippen molar-refractivity contribution in [1.82, 2.24) is 4.98 Å². The van der Waals surface area contributed by atoms with Gasteiger partial charge < -0.3 is 0 Å². The molecule has 0 spiro atoms. The van der Waals surface area contributed by atoms with Crippen LogP contribution in [-0.4, -0.2) is 13.4 Å². The van der Waals surface area contributed by atoms with E-state index < -0.39 is 10.0 Å². The molecular weight excluding hydrogens is 408 g/mol. The number of benzene rings is 2. The Labute approximate surface area is 153 Å². The van der Waals surface area contributed by atoms with Gasteiger partial charge in [0.05, 0.1) is 11.1 Å². The van der Waals surface area contributed by atoms with E-state index in [4.69, 9.17) is 0 Å². The van der Waals surface area contributed by atoms with Gasteiger partial charge in [-0.25, -0.2) is 13.4 Å². The standard InChI is InChI=1S/C17H13BrN2O2S2/c18-15-8-6-14(7-9-15)16-12-23-17(19-16)20-24(21,22)11-10-13-4-2-1-3-5-13/h1-12H,(H,19,20). The summed E-state index contributed by atoms with van der Waals surface area (Å²) in [7, 11) is -3.60. The number of nitrogens with one attached hydrogen (secondary N) is 1. The summed E-state index contributed by atoms with van der Waals surface area (Å²) in [6.45, 7) is 0. The molecule has 0 aliphatic carbocycles. The van der Waals surface area contributed by atoms with Gasteiger partial charge in [-0.1, -0.05) is 58.4 Å². The largest absolute Gasteiger partial charge is 0.256 e. The second kappa shape index (κ2) is 7.29. The molecule has 0 aliphatic heterocycles. The first-order valence-electron chi connectivity index (χ1n) is 6.99. The van der Waals surface area contributed by atoms with Gasteiger partial charge in [0.25, 0.3) is 10.0 Å². The first-order chi connectivity index (χ1) is 11.5. The van der Waals surface area contributed by atoms with Crippen LogP contribution >= 0.6 is 27.3 Å². The molecule has 4 nitrogen and oxygen atoms in total. The first kappa shape index (κ1) is 16.9. The monoisotopic (exact) mass is 420 g/mol. The highest BCUT2D eigenvalue weighted by Gasteiger charge is 2.10. The van der Waals surface area contributed by atoms with Gasteiger partial charge >= 0.3 is 0 Å². The number of hydrogen-bond acceptors (Lipinski definition) is 4. The number of rotatable bonds is 5. The van der Waals surface area contributed by atoms with Gasteiger partial charge in [0, 0.05) is 15.4 Å². The third kappa shape index (κ3) is 4.53. The maximum absolute atomic E-state index is 12.1. The van der Waals surface area contributed by atoms with E-state index >= 15 is 0 Å². The van der Waals surface area contributed by atoms with Crippen molar-refractivity contribution in [3.63, 3.8) is 0 Å². The molecule has 1 heterocycles. The molecule has 0 radical (unpaired) electrons. The average molecular weight is 421 g/mol. The second-order valence-electron chi connectivity index (χ2n) is 4.91. The van der Waals surface area contributed by atoms with E-state index in [1.54, 1.807) is 6.08 Å². The third-order valence-electron chi connectivity index (χ3n) is 3.11. The van der Waals surface area contributed by atoms with Gasteiger partial charge in [0.2, 0.25) is 0 Å². The Morgan fingerprint density at radius 1 is 1.04 bits per heavy atom. The number of anilines is 1. The molecule has 0 atom stereocenters. The van der Waals surface area contributed by atoms with Gasteiger partial charge in [0.15, 0.2) is 5.13 Å². The minimum absolute atomic E-state index is 0.339. The molecule has 2 aromatic carbocycles. The lowest BCUT2D eigenvalue weighted by Crippen LogP contribution is -2.08. The van der Waals surface area contributed by atoms with Crippen molar-refractivity contribution in [2.24, 2.45) is 0 Å². The van der Waals surface area contributed by atoms with Crippen LogP contribution in [0.3, 0.4) is 0 Å². The molecule has 1 aromatic heterocycles. The summed E-state index contributed by atoms with van der Waals surface area (Å²) in [6.07, 6.45) is 1.55. The fourth-order valence-electron chi connectivity index (χ4n) is 1.96. The van der Waals surface area contributed by atoms with E-state index in [0.29, 0.717) is 5.13 Å². The highest BCUT2D eigenvalue weighted by Crippen LogP contribution is 2.26. The van der Waals surface area contributed by atoms with Gasteiger partial charge in [0.1, 0.15) is 0 Å². The van der Waals surface area contributed by atoms with Crippen LogP contribution in [0.25, 0.3) is 17.3 Å². The van der Waals surface area contributed by atoms with E-state index in [1.165, 1.54) is 11.3 Å². The van der Waals surface area contributed by atoms with E-state index in [2.05, 4.69) is 25.6 Å². The fraction of sp³-hybridized carbons (Fsp3) is 0. The van der Waals surface area contributed by atoms with Crippen LogP contribution in [-0.2, 0) is 10.0 Å². The minimum atomic E-state index is -3.60. The van der Waals surface area contributed by atoms with Crippen molar-refractivity contribution in [1.29, 1.82) is 0 Å². The van der Waals surface area contributed by atoms with E-state index in [-0.39, 0.29) is 0 Å². The zero-order valence-corrected chi connectivity index (χ0v) is 15.6. The maximum atomic E-state index is 12.1. The topological polar surface area (TPSA) is 59.1 Å². The van der Waals surface area contributed by atoms with Crippen LogP contribution in [0.1, 0.15) is 5.56 Å². The Kier molecular flexibility index (Phi) is 5.13. The second-order valence-corrected chi connectivity index (χ2v) is 8.25. The van der Waals surface area contributed by atoms with Crippen molar-refractivity contribution in [3.05, 3.63) is 75.4 Å². The Bertz CT molecular complexity index is 950. The maximum Gasteiger partial charge on any atom is 0.256 e. The first-order valence-corrected chi connectivity index (χ1v) is 10.2. The summed E-state index contributed by atoms with van der Waals surface area (Å²) in [5, 5.41) is 3.30. The molecule has 3 aromatic rings. The average Bonchev–Trinajstić information content (AvgIpc) is 3.02. The molecule has 0 unspecified atom stereocenters. The lowest BCUT2D eigenvalue weighted by Gasteiger charge is -2.00. The predicted octanol–water partition coefficient (Wildman–Crippen LogP) is 4.99. The fourth-order valence-corrected chi connectivity index (χ4v) is 4.02. The Morgan fingerprint density at radius 2 is 1.75 bits per heavy atom. The zero-order valence-electron chi connectivity index (χ0n) is 12.4. The molecule has 122 valence electrons. The number of nitrogens with zero attached hydrogens (tertiary/aromatic N) is 1. The highest BCUT2D eigenvalue weighted by atomic mass is 79.9. The van der Waals surface area contributed by atoms with E-state index in [0.717, 1.165) is 26.7 Å². The zero-order chi connectivity index (χ0) is 17.0. The number of thiazole rings is 1. The smallest absolute Gasteiger partial charge is 0.255 e. The number of aromatic nitrogens is 1. The Balaban J connectivity index is 1.74. The van der Waals surface area contributed by atoms with Crippen molar-refractivity contribution in [2.75, 3.05) is 4.72 Å². The van der Waals surface area contributed by atoms with Gasteiger partial charge in [-0.2, -0.15) is 0 Å². The molecule has 0 saturated carbocycles. The molecule has 0 bridgehead atoms. The molecule has 0 fully saturated rings. The van der Waals surface area contributed by atoms with Crippen molar-refractivity contribution >= 4 is 48.5 Å². The molecule has 0 aliphatic rings. The summed E-state index contributed by atoms with van der Waals surface area (Å²) in [4.78, 5) is 4.33. The summed E-state index contributed by atoms with van der Waals surface area (Å²) >= 11 is 4.63. The van der Waals surface area contributed by atoms with Crippen molar-refractivity contribution in [3.8, 4) is 11.3 Å². The van der Waals surface area contributed by atoms with E-state index in [9.17, 15) is 8.42 Å². The van der Waals surface area contributed by atoms with Gasteiger partial charge in [-0.3, -0.25) is 4.72 Å². The lowest BCUT2D eigenvalue weighted by atomic mass is 10.2. The molecular formula is C17H13BrN2O2S2. The van der Waals surface area contributed by atoms with Crippen LogP contribution in [0.5, 0.6) is 0 Å². The Hall–Kier alpha value is -1.96. The van der Waals surface area contributed by atoms with Crippen molar-refractivity contribution in [2.45, 2.75) is 0 Å². The van der Waals surface area contributed by atoms with E-state index in [1.807, 2.05) is 60.0 Å². The molecule has 7 heteroatoms. The van der Waals surface area contributed by atoms with Crippen LogP contribution < -0.4 is 4.72 Å². The molecule has 0 amide bonds. The summed E-state index contributed by atoms with van der Waals surface area (Å²) in [6, 6.07) is 16.9. The number of sulfonamides is 1. The SMILES string of the molecule is O=S(=O)(C=Cc1ccccc1)Nc1nc(-c2ccc(Br)cc2)cs1. The normalized spacial score (nSPS) is 11.7. The van der Waals surface area contributed by atoms with Gasteiger partial charge in [-0.05, 0) is 23.8 Å². The lowest BCUT2D eigenvalue weighted by molar-refractivity contribution is 0.609. The number of halogens is 1. The molecule has 3 rings (SSSR count). The minimum Gasteiger partial charge on any atom is -0.255 e. The van der Waals surface area contributed by atoms with Crippen LogP contribution in [0.2, 0.25) is 0 Å². The van der Waals surface area contributed by atoms with Crippen molar-refractivity contribution < 1.29 is 8.42 Å². The van der Waals surface area contributed by atoms with Crippen LogP contribution in [0.15, 0.2) is 69.9 Å². The summed E-state index contributed by atoms with van der Waals surface area (Å²) in [5.74, 6) is 0. The van der Waals surface area contributed by atoms with Gasteiger partial charge in [-0.15, -0.1) is 11.3 Å². The van der Waals surface area contributed by atoms with Crippen LogP contribution in [0.4, 0.5) is 5.13 Å². The highest BCUT2D eigenvalue weighted by molar-refractivity contribution is 9.10. The quantitative estimate of drug-likeness (QED) is 0.632. The Morgan fingerprint density at radius 3 is 2.46 bits per heavy atom. The summed E-state index contributed by atoms with van der Waals surface area (Å²) < 4.78 is 27.7. The van der Waals surface area contributed by atoms with Crippen LogP contribution in [0, 0.1) is 0 Å². The third-order valence-corrected chi connectivity index (χ3v) is 5.50. The molecule has 24 heavy (non-hydrogen) atoms.